The zero-order valence-electron chi connectivity index (χ0n) is 20.6. The summed E-state index contributed by atoms with van der Waals surface area (Å²) >= 11 is 12.4. The van der Waals surface area contributed by atoms with E-state index >= 15 is 0 Å². The topological polar surface area (TPSA) is 59.6 Å². The third kappa shape index (κ3) is 6.45. The van der Waals surface area contributed by atoms with Crippen LogP contribution < -0.4 is 20.9 Å². The van der Waals surface area contributed by atoms with Gasteiger partial charge in [0.05, 0.1) is 22.3 Å². The van der Waals surface area contributed by atoms with Gasteiger partial charge in [0.25, 0.3) is 0 Å². The lowest BCUT2D eigenvalue weighted by Crippen LogP contribution is -2.50. The van der Waals surface area contributed by atoms with Crippen LogP contribution in [0.25, 0.3) is 0 Å². The average molecular weight is 524 g/mol. The van der Waals surface area contributed by atoms with Crippen molar-refractivity contribution in [1.29, 1.82) is 0 Å². The molecular weight excluding hydrogens is 493 g/mol. The van der Waals surface area contributed by atoms with Gasteiger partial charge in [-0.05, 0) is 61.9 Å². The van der Waals surface area contributed by atoms with E-state index in [2.05, 4.69) is 83.7 Å². The van der Waals surface area contributed by atoms with Crippen molar-refractivity contribution in [2.24, 2.45) is 0 Å². The van der Waals surface area contributed by atoms with Crippen molar-refractivity contribution in [1.82, 2.24) is 4.90 Å². The van der Waals surface area contributed by atoms with E-state index < -0.39 is 0 Å². The first kappa shape index (κ1) is 25.7. The molecule has 1 aliphatic heterocycles. The number of hydrogen-bond donors (Lipinski definition) is 3. The number of benzene rings is 3. The van der Waals surface area contributed by atoms with Crippen molar-refractivity contribution in [2.75, 3.05) is 53.6 Å². The molecule has 0 bridgehead atoms. The Morgan fingerprint density at radius 1 is 0.917 bits per heavy atom. The molecule has 3 aromatic carbocycles. The molecule has 1 aliphatic rings. The molecule has 36 heavy (non-hydrogen) atoms. The molecule has 1 saturated heterocycles. The largest absolute Gasteiger partial charge is 0.379 e. The second-order valence-electron chi connectivity index (χ2n) is 8.95. The molecule has 0 aliphatic carbocycles. The van der Waals surface area contributed by atoms with Gasteiger partial charge >= 0.3 is 6.03 Å². The molecule has 6 nitrogen and oxygen atoms in total. The van der Waals surface area contributed by atoms with E-state index in [1.807, 2.05) is 0 Å². The van der Waals surface area contributed by atoms with Crippen LogP contribution in [0.1, 0.15) is 11.1 Å². The molecular formula is C28H31Cl2N5O. The Balaban J connectivity index is 1.25. The number of anilines is 4. The number of carbonyl (C=O) groups is 1. The van der Waals surface area contributed by atoms with Crippen molar-refractivity contribution in [3.8, 4) is 0 Å². The Morgan fingerprint density at radius 3 is 2.22 bits per heavy atom. The summed E-state index contributed by atoms with van der Waals surface area (Å²) in [6.07, 6.45) is 0. The van der Waals surface area contributed by atoms with Gasteiger partial charge in [-0.2, -0.15) is 0 Å². The molecule has 0 radical (unpaired) electrons. The van der Waals surface area contributed by atoms with Crippen LogP contribution in [0.4, 0.5) is 27.5 Å². The standard InChI is InChI=1S/C28H31Cl2N5O/c1-19-7-12-26(20(2)17-19)31-18-21(3)32-22-8-10-23(11-9-22)34-13-15-35(16-14-34)28(36)33-27-24(29)5-4-6-25(27)30/h4-12,17,31-32H,3,13-16,18H2,1-2H3,(H,33,36). The van der Waals surface area contributed by atoms with Crippen LogP contribution in [-0.4, -0.2) is 43.7 Å². The molecule has 188 valence electrons. The van der Waals surface area contributed by atoms with Gasteiger partial charge in [-0.3, -0.25) is 0 Å². The molecule has 0 saturated carbocycles. The fourth-order valence-corrected chi connectivity index (χ4v) is 4.68. The molecule has 3 N–H and O–H groups in total. The fourth-order valence-electron chi connectivity index (χ4n) is 4.19. The smallest absolute Gasteiger partial charge is 0.322 e. The first-order valence-electron chi connectivity index (χ1n) is 11.9. The minimum Gasteiger partial charge on any atom is -0.379 e. The highest BCUT2D eigenvalue weighted by Gasteiger charge is 2.22. The van der Waals surface area contributed by atoms with Gasteiger partial charge in [0, 0.05) is 48.9 Å². The third-order valence-electron chi connectivity index (χ3n) is 6.19. The number of nitrogens with one attached hydrogen (secondary N) is 3. The first-order valence-corrected chi connectivity index (χ1v) is 12.7. The lowest BCUT2D eigenvalue weighted by atomic mass is 10.1. The Morgan fingerprint density at radius 2 is 1.58 bits per heavy atom. The van der Waals surface area contributed by atoms with Gasteiger partial charge in [-0.1, -0.05) is 53.5 Å². The molecule has 4 rings (SSSR count). The number of hydrogen-bond acceptors (Lipinski definition) is 4. The second kappa shape index (κ2) is 11.6. The number of aryl methyl sites for hydroxylation is 2. The molecule has 0 aromatic heterocycles. The SMILES string of the molecule is C=C(CNc1ccc(C)cc1C)Nc1ccc(N2CCN(C(=O)Nc3c(Cl)cccc3Cl)CC2)cc1. The van der Waals surface area contributed by atoms with Crippen LogP contribution in [0, 0.1) is 13.8 Å². The number of carbonyl (C=O) groups excluding carboxylic acids is 1. The summed E-state index contributed by atoms with van der Waals surface area (Å²) in [5.41, 5.74) is 7.03. The predicted octanol–water partition coefficient (Wildman–Crippen LogP) is 7.00. The summed E-state index contributed by atoms with van der Waals surface area (Å²) in [7, 11) is 0. The highest BCUT2D eigenvalue weighted by atomic mass is 35.5. The number of piperazine rings is 1. The van der Waals surface area contributed by atoms with Crippen molar-refractivity contribution in [3.05, 3.63) is 94.1 Å². The Labute approximate surface area is 222 Å². The van der Waals surface area contributed by atoms with Crippen molar-refractivity contribution in [2.45, 2.75) is 13.8 Å². The number of amides is 2. The summed E-state index contributed by atoms with van der Waals surface area (Å²) in [4.78, 5) is 16.7. The van der Waals surface area contributed by atoms with E-state index in [9.17, 15) is 4.79 Å². The van der Waals surface area contributed by atoms with E-state index in [0.717, 1.165) is 35.8 Å². The van der Waals surface area contributed by atoms with E-state index in [-0.39, 0.29) is 6.03 Å². The van der Waals surface area contributed by atoms with Gasteiger partial charge < -0.3 is 25.8 Å². The van der Waals surface area contributed by atoms with Crippen LogP contribution in [0.3, 0.4) is 0 Å². The van der Waals surface area contributed by atoms with Crippen LogP contribution in [-0.2, 0) is 0 Å². The summed E-state index contributed by atoms with van der Waals surface area (Å²) in [5.74, 6) is 0. The van der Waals surface area contributed by atoms with Gasteiger partial charge in [-0.25, -0.2) is 4.79 Å². The van der Waals surface area contributed by atoms with Crippen LogP contribution in [0.15, 0.2) is 72.9 Å². The highest BCUT2D eigenvalue weighted by molar-refractivity contribution is 6.39. The monoisotopic (exact) mass is 523 g/mol. The van der Waals surface area contributed by atoms with Crippen LogP contribution in [0.5, 0.6) is 0 Å². The van der Waals surface area contributed by atoms with Gasteiger partial charge in [-0.15, -0.1) is 0 Å². The minimum atomic E-state index is -0.197. The Bertz CT molecular complexity index is 1220. The van der Waals surface area contributed by atoms with E-state index in [0.29, 0.717) is 35.4 Å². The maximum Gasteiger partial charge on any atom is 0.322 e. The van der Waals surface area contributed by atoms with E-state index in [1.54, 1.807) is 23.1 Å². The molecule has 3 aromatic rings. The lowest BCUT2D eigenvalue weighted by molar-refractivity contribution is 0.208. The normalized spacial score (nSPS) is 13.3. The third-order valence-corrected chi connectivity index (χ3v) is 6.82. The van der Waals surface area contributed by atoms with Crippen molar-refractivity contribution in [3.63, 3.8) is 0 Å². The summed E-state index contributed by atoms with van der Waals surface area (Å²) < 4.78 is 0. The van der Waals surface area contributed by atoms with Gasteiger partial charge in [0.15, 0.2) is 0 Å². The highest BCUT2D eigenvalue weighted by Crippen LogP contribution is 2.30. The number of urea groups is 1. The van der Waals surface area contributed by atoms with E-state index in [4.69, 9.17) is 23.2 Å². The first-order chi connectivity index (χ1) is 17.3. The Kier molecular flexibility index (Phi) is 8.28. The fraction of sp³-hybridized carbons (Fsp3) is 0.250. The molecule has 2 amide bonds. The summed E-state index contributed by atoms with van der Waals surface area (Å²) in [5, 5.41) is 10.5. The molecule has 0 spiro atoms. The van der Waals surface area contributed by atoms with Crippen LogP contribution in [0.2, 0.25) is 10.0 Å². The predicted molar refractivity (Wildman–Crippen MR) is 153 cm³/mol. The van der Waals surface area contributed by atoms with Gasteiger partial charge in [0.1, 0.15) is 0 Å². The van der Waals surface area contributed by atoms with Crippen molar-refractivity contribution < 1.29 is 4.79 Å². The Hall–Kier alpha value is -3.35. The summed E-state index contributed by atoms with van der Waals surface area (Å²) in [6.45, 7) is 11.7. The quantitative estimate of drug-likeness (QED) is 0.312. The molecule has 0 unspecified atom stereocenters. The maximum absolute atomic E-state index is 12.7. The number of para-hydroxylation sites is 1. The van der Waals surface area contributed by atoms with Crippen molar-refractivity contribution >= 4 is 52.0 Å². The zero-order chi connectivity index (χ0) is 25.7. The maximum atomic E-state index is 12.7. The number of halogens is 2. The molecule has 8 heteroatoms. The van der Waals surface area contributed by atoms with E-state index in [1.165, 1.54) is 11.1 Å². The molecule has 1 fully saturated rings. The molecule has 1 heterocycles. The zero-order valence-corrected chi connectivity index (χ0v) is 22.1. The summed E-state index contributed by atoms with van der Waals surface area (Å²) in [6, 6.07) is 19.6. The van der Waals surface area contributed by atoms with Gasteiger partial charge in [0.2, 0.25) is 0 Å². The number of rotatable bonds is 7. The average Bonchev–Trinajstić information content (AvgIpc) is 2.86. The molecule has 0 atom stereocenters. The lowest BCUT2D eigenvalue weighted by Gasteiger charge is -2.36. The number of nitrogens with zero attached hydrogens (tertiary/aromatic N) is 2. The van der Waals surface area contributed by atoms with Crippen LogP contribution >= 0.6 is 23.2 Å². The second-order valence-corrected chi connectivity index (χ2v) is 9.76. The minimum absolute atomic E-state index is 0.197.